The molecule has 20 heavy (non-hydrogen) atoms. The molecule has 1 atom stereocenters. The summed E-state index contributed by atoms with van der Waals surface area (Å²) < 4.78 is 1.88. The van der Waals surface area contributed by atoms with Crippen LogP contribution in [0.25, 0.3) is 5.65 Å². The smallest absolute Gasteiger partial charge is 0.203 e. The molecule has 2 aromatic heterocycles. The van der Waals surface area contributed by atoms with E-state index in [4.69, 9.17) is 0 Å². The largest absolute Gasteiger partial charge is 0.367 e. The number of piperidine rings is 1. The molecule has 0 spiro atoms. The highest BCUT2D eigenvalue weighted by Gasteiger charge is 2.17. The lowest BCUT2D eigenvalue weighted by molar-refractivity contribution is 0.160. The van der Waals surface area contributed by atoms with Gasteiger partial charge >= 0.3 is 0 Å². The first-order valence-corrected chi connectivity index (χ1v) is 7.47. The highest BCUT2D eigenvalue weighted by atomic mass is 15.2. The van der Waals surface area contributed by atoms with Crippen LogP contribution < -0.4 is 5.32 Å². The SMILES string of the molecule is CC1CCCCN1CCCNc1nccn2cnnc12. The highest BCUT2D eigenvalue weighted by molar-refractivity contribution is 5.61. The summed E-state index contributed by atoms with van der Waals surface area (Å²) in [6, 6.07) is 0.738. The van der Waals surface area contributed by atoms with Crippen LogP contribution in [0.4, 0.5) is 5.82 Å². The lowest BCUT2D eigenvalue weighted by Gasteiger charge is -2.33. The third-order valence-electron chi connectivity index (χ3n) is 4.07. The van der Waals surface area contributed by atoms with Crippen molar-refractivity contribution in [2.75, 3.05) is 25.0 Å². The fourth-order valence-corrected chi connectivity index (χ4v) is 2.86. The Hall–Kier alpha value is -1.69. The molecule has 1 fully saturated rings. The van der Waals surface area contributed by atoms with Gasteiger partial charge in [0, 0.05) is 31.5 Å². The van der Waals surface area contributed by atoms with E-state index >= 15 is 0 Å². The number of likely N-dealkylation sites (tertiary alicyclic amines) is 1. The van der Waals surface area contributed by atoms with E-state index in [1.807, 2.05) is 10.6 Å². The van der Waals surface area contributed by atoms with E-state index in [2.05, 4.69) is 32.3 Å². The van der Waals surface area contributed by atoms with Crippen molar-refractivity contribution in [3.8, 4) is 0 Å². The normalized spacial score (nSPS) is 20.4. The quantitative estimate of drug-likeness (QED) is 0.843. The molecular weight excluding hydrogens is 252 g/mol. The van der Waals surface area contributed by atoms with Gasteiger partial charge in [-0.05, 0) is 32.7 Å². The van der Waals surface area contributed by atoms with Crippen molar-refractivity contribution in [3.63, 3.8) is 0 Å². The second-order valence-corrected chi connectivity index (χ2v) is 5.50. The summed E-state index contributed by atoms with van der Waals surface area (Å²) in [7, 11) is 0. The Bertz CT molecular complexity index is 551. The van der Waals surface area contributed by atoms with Gasteiger partial charge in [-0.2, -0.15) is 0 Å². The molecule has 0 saturated carbocycles. The average molecular weight is 274 g/mol. The maximum atomic E-state index is 4.33. The van der Waals surface area contributed by atoms with E-state index in [1.165, 1.54) is 25.8 Å². The van der Waals surface area contributed by atoms with Crippen molar-refractivity contribution in [3.05, 3.63) is 18.7 Å². The van der Waals surface area contributed by atoms with Gasteiger partial charge in [0.15, 0.2) is 5.82 Å². The van der Waals surface area contributed by atoms with Gasteiger partial charge in [-0.3, -0.25) is 4.40 Å². The van der Waals surface area contributed by atoms with Gasteiger partial charge in [0.25, 0.3) is 0 Å². The van der Waals surface area contributed by atoms with E-state index in [1.54, 1.807) is 12.5 Å². The molecule has 108 valence electrons. The van der Waals surface area contributed by atoms with Crippen molar-refractivity contribution in [1.82, 2.24) is 24.5 Å². The standard InChI is InChI=1S/C14H22N6/c1-12-5-2-3-8-19(12)9-4-6-15-13-14-18-17-11-20(14)10-7-16-13/h7,10-12H,2-6,8-9H2,1H3,(H,15,16). The molecular formula is C14H22N6. The zero-order valence-corrected chi connectivity index (χ0v) is 12.0. The monoisotopic (exact) mass is 274 g/mol. The average Bonchev–Trinajstić information content (AvgIpc) is 2.94. The molecule has 0 bridgehead atoms. The van der Waals surface area contributed by atoms with Crippen LogP contribution in [0.15, 0.2) is 18.7 Å². The topological polar surface area (TPSA) is 58.4 Å². The number of fused-ring (bicyclic) bond motifs is 1. The first-order chi connectivity index (χ1) is 9.84. The number of hydrogen-bond donors (Lipinski definition) is 1. The van der Waals surface area contributed by atoms with Crippen molar-refractivity contribution >= 4 is 11.5 Å². The van der Waals surface area contributed by atoms with E-state index in [9.17, 15) is 0 Å². The second kappa shape index (κ2) is 6.17. The van der Waals surface area contributed by atoms with Crippen LogP contribution in [-0.2, 0) is 0 Å². The number of rotatable bonds is 5. The number of anilines is 1. The minimum Gasteiger partial charge on any atom is -0.367 e. The lowest BCUT2D eigenvalue weighted by atomic mass is 10.0. The summed E-state index contributed by atoms with van der Waals surface area (Å²) in [6.45, 7) is 5.66. The van der Waals surface area contributed by atoms with Crippen LogP contribution in [0.5, 0.6) is 0 Å². The summed E-state index contributed by atoms with van der Waals surface area (Å²) in [5, 5.41) is 11.3. The van der Waals surface area contributed by atoms with Gasteiger partial charge in [0.05, 0.1) is 0 Å². The van der Waals surface area contributed by atoms with E-state index in [-0.39, 0.29) is 0 Å². The molecule has 3 rings (SSSR count). The summed E-state index contributed by atoms with van der Waals surface area (Å²) >= 11 is 0. The summed E-state index contributed by atoms with van der Waals surface area (Å²) in [5.74, 6) is 0.816. The van der Waals surface area contributed by atoms with Crippen LogP contribution in [0, 0.1) is 0 Å². The van der Waals surface area contributed by atoms with E-state index in [0.717, 1.165) is 37.0 Å². The summed E-state index contributed by atoms with van der Waals surface area (Å²) in [4.78, 5) is 6.92. The molecule has 1 unspecified atom stereocenters. The van der Waals surface area contributed by atoms with E-state index < -0.39 is 0 Å². The highest BCUT2D eigenvalue weighted by Crippen LogP contribution is 2.16. The molecule has 3 heterocycles. The first-order valence-electron chi connectivity index (χ1n) is 7.47. The zero-order chi connectivity index (χ0) is 13.8. The minimum absolute atomic E-state index is 0.738. The predicted molar refractivity (Wildman–Crippen MR) is 78.8 cm³/mol. The molecule has 0 aromatic carbocycles. The number of nitrogens with one attached hydrogen (secondary N) is 1. The Balaban J connectivity index is 1.49. The molecule has 6 nitrogen and oxygen atoms in total. The van der Waals surface area contributed by atoms with Gasteiger partial charge in [-0.15, -0.1) is 10.2 Å². The Kier molecular flexibility index (Phi) is 4.11. The fourth-order valence-electron chi connectivity index (χ4n) is 2.86. The van der Waals surface area contributed by atoms with Gasteiger partial charge in [-0.25, -0.2) is 4.98 Å². The van der Waals surface area contributed by atoms with Gasteiger partial charge in [0.1, 0.15) is 6.33 Å². The van der Waals surface area contributed by atoms with Gasteiger partial charge in [0.2, 0.25) is 5.65 Å². The van der Waals surface area contributed by atoms with Crippen LogP contribution >= 0.6 is 0 Å². The number of nitrogens with zero attached hydrogens (tertiary/aromatic N) is 5. The third-order valence-corrected chi connectivity index (χ3v) is 4.07. The predicted octanol–water partition coefficient (Wildman–Crippen LogP) is 1.80. The van der Waals surface area contributed by atoms with Crippen LogP contribution in [-0.4, -0.2) is 50.2 Å². The Morgan fingerprint density at radius 3 is 3.25 bits per heavy atom. The van der Waals surface area contributed by atoms with Crippen molar-refractivity contribution in [2.45, 2.75) is 38.6 Å². The fraction of sp³-hybridized carbons (Fsp3) is 0.643. The maximum absolute atomic E-state index is 4.33. The van der Waals surface area contributed by atoms with Crippen LogP contribution in [0.1, 0.15) is 32.6 Å². The Morgan fingerprint density at radius 2 is 2.35 bits per heavy atom. The maximum Gasteiger partial charge on any atom is 0.203 e. The molecule has 0 amide bonds. The third kappa shape index (κ3) is 2.90. The number of aromatic nitrogens is 4. The molecule has 0 radical (unpaired) electrons. The first kappa shape index (κ1) is 13.3. The van der Waals surface area contributed by atoms with Crippen LogP contribution in [0.3, 0.4) is 0 Å². The Morgan fingerprint density at radius 1 is 1.40 bits per heavy atom. The van der Waals surface area contributed by atoms with Gasteiger partial charge < -0.3 is 10.2 Å². The van der Waals surface area contributed by atoms with E-state index in [0.29, 0.717) is 0 Å². The lowest BCUT2D eigenvalue weighted by Crippen LogP contribution is -2.38. The molecule has 6 heteroatoms. The molecule has 1 aliphatic heterocycles. The summed E-state index contributed by atoms with van der Waals surface area (Å²) in [5.41, 5.74) is 0.791. The van der Waals surface area contributed by atoms with Crippen LogP contribution in [0.2, 0.25) is 0 Å². The van der Waals surface area contributed by atoms with Crippen molar-refractivity contribution < 1.29 is 0 Å². The van der Waals surface area contributed by atoms with Crippen molar-refractivity contribution in [2.24, 2.45) is 0 Å². The molecule has 1 saturated heterocycles. The molecule has 1 N–H and O–H groups in total. The number of hydrogen-bond acceptors (Lipinski definition) is 5. The van der Waals surface area contributed by atoms with Crippen molar-refractivity contribution in [1.29, 1.82) is 0 Å². The Labute approximate surface area is 119 Å². The van der Waals surface area contributed by atoms with Gasteiger partial charge in [-0.1, -0.05) is 6.42 Å². The molecule has 1 aliphatic rings. The zero-order valence-electron chi connectivity index (χ0n) is 12.0. The summed E-state index contributed by atoms with van der Waals surface area (Å²) in [6.07, 6.45) is 10.5. The minimum atomic E-state index is 0.738. The molecule has 2 aromatic rings. The molecule has 0 aliphatic carbocycles. The second-order valence-electron chi connectivity index (χ2n) is 5.50.